The van der Waals surface area contributed by atoms with Gasteiger partial charge in [0.15, 0.2) is 0 Å². The van der Waals surface area contributed by atoms with Gasteiger partial charge in [-0.1, -0.05) is 11.6 Å². The van der Waals surface area contributed by atoms with Crippen LogP contribution in [-0.4, -0.2) is 29.2 Å². The zero-order chi connectivity index (χ0) is 20.7. The number of aromatic nitrogens is 2. The summed E-state index contributed by atoms with van der Waals surface area (Å²) in [5.41, 5.74) is 8.00. The minimum Gasteiger partial charge on any atom is -0.371 e. The van der Waals surface area contributed by atoms with Gasteiger partial charge in [-0.3, -0.25) is 0 Å². The van der Waals surface area contributed by atoms with Crippen LogP contribution in [-0.2, 0) is 0 Å². The summed E-state index contributed by atoms with van der Waals surface area (Å²) >= 11 is 6.27. The number of piperidine rings is 1. The summed E-state index contributed by atoms with van der Waals surface area (Å²) < 4.78 is 2.23. The van der Waals surface area contributed by atoms with Crippen molar-refractivity contribution in [1.29, 1.82) is 0 Å². The van der Waals surface area contributed by atoms with Crippen molar-refractivity contribution in [3.8, 4) is 5.69 Å². The Morgan fingerprint density at radius 1 is 1.07 bits per heavy atom. The number of benzene rings is 1. The summed E-state index contributed by atoms with van der Waals surface area (Å²) in [4.78, 5) is 11.0. The molecule has 29 heavy (non-hydrogen) atoms. The van der Waals surface area contributed by atoms with Crippen molar-refractivity contribution in [2.24, 2.45) is 5.92 Å². The number of hydrogen-bond acceptors (Lipinski definition) is 2. The van der Waals surface area contributed by atoms with E-state index in [4.69, 9.17) is 23.2 Å². The summed E-state index contributed by atoms with van der Waals surface area (Å²) in [5, 5.41) is 2.00. The summed E-state index contributed by atoms with van der Waals surface area (Å²) in [6.07, 6.45) is 4.37. The molecule has 0 bridgehead atoms. The fourth-order valence-electron chi connectivity index (χ4n) is 4.70. The average molecular weight is 407 g/mol. The van der Waals surface area contributed by atoms with E-state index in [-0.39, 0.29) is 0 Å². The number of pyridine rings is 1. The molecule has 1 saturated heterocycles. The quantitative estimate of drug-likeness (QED) is 0.495. The SMILES string of the molecule is [C-]#[N+]CC1CCN(c2cc(C)nc3c2c(C)cn3-c2c(C)cc(Cl)cc2C)CC1. The molecule has 150 valence electrons. The van der Waals surface area contributed by atoms with Gasteiger partial charge in [-0.05, 0) is 75.4 Å². The van der Waals surface area contributed by atoms with Gasteiger partial charge in [-0.25, -0.2) is 11.6 Å². The van der Waals surface area contributed by atoms with Crippen LogP contribution in [0.2, 0.25) is 5.02 Å². The average Bonchev–Trinajstić information content (AvgIpc) is 2.97. The van der Waals surface area contributed by atoms with Crippen LogP contribution in [0.3, 0.4) is 0 Å². The normalized spacial score (nSPS) is 15.1. The zero-order valence-electron chi connectivity index (χ0n) is 17.6. The minimum absolute atomic E-state index is 0.534. The fourth-order valence-corrected chi connectivity index (χ4v) is 5.03. The highest BCUT2D eigenvalue weighted by molar-refractivity contribution is 6.30. The summed E-state index contributed by atoms with van der Waals surface area (Å²) in [6, 6.07) is 6.25. The number of halogens is 1. The van der Waals surface area contributed by atoms with Gasteiger partial charge < -0.3 is 14.3 Å². The third-order valence-electron chi connectivity index (χ3n) is 6.05. The van der Waals surface area contributed by atoms with Crippen LogP contribution in [0.25, 0.3) is 21.6 Å². The molecule has 0 aliphatic carbocycles. The number of aryl methyl sites for hydroxylation is 4. The topological polar surface area (TPSA) is 25.4 Å². The molecule has 1 fully saturated rings. The summed E-state index contributed by atoms with van der Waals surface area (Å²) in [5.74, 6) is 0.534. The van der Waals surface area contributed by atoms with E-state index in [2.05, 4.69) is 54.3 Å². The van der Waals surface area contributed by atoms with E-state index in [9.17, 15) is 0 Å². The van der Waals surface area contributed by atoms with Crippen LogP contribution in [0, 0.1) is 40.2 Å². The van der Waals surface area contributed by atoms with Crippen molar-refractivity contribution in [3.05, 3.63) is 63.2 Å². The molecule has 0 N–H and O–H groups in total. The Bertz CT molecular complexity index is 1090. The van der Waals surface area contributed by atoms with E-state index < -0.39 is 0 Å². The van der Waals surface area contributed by atoms with E-state index in [1.165, 1.54) is 16.6 Å². The Morgan fingerprint density at radius 2 is 1.72 bits per heavy atom. The van der Waals surface area contributed by atoms with Crippen LogP contribution in [0.5, 0.6) is 0 Å². The molecule has 0 amide bonds. The number of hydrogen-bond donors (Lipinski definition) is 0. The Morgan fingerprint density at radius 3 is 2.34 bits per heavy atom. The Hall–Kier alpha value is -2.51. The molecule has 3 heterocycles. The van der Waals surface area contributed by atoms with Gasteiger partial charge in [0.25, 0.3) is 0 Å². The largest absolute Gasteiger partial charge is 0.371 e. The predicted molar refractivity (Wildman–Crippen MR) is 121 cm³/mol. The highest BCUT2D eigenvalue weighted by Crippen LogP contribution is 2.36. The van der Waals surface area contributed by atoms with Gasteiger partial charge in [-0.15, -0.1) is 0 Å². The van der Waals surface area contributed by atoms with Crippen LogP contribution in [0.1, 0.15) is 35.2 Å². The van der Waals surface area contributed by atoms with Gasteiger partial charge >= 0.3 is 0 Å². The van der Waals surface area contributed by atoms with Crippen molar-refractivity contribution in [2.45, 2.75) is 40.5 Å². The third-order valence-corrected chi connectivity index (χ3v) is 6.27. The van der Waals surface area contributed by atoms with Gasteiger partial charge in [0.05, 0.1) is 5.69 Å². The standard InChI is InChI=1S/C24H27ClN4/c1-15-10-20(25)11-16(2)23(15)29-14-17(3)22-21(12-18(4)27-24(22)29)28-8-6-19(7-9-28)13-26-5/h10-12,14,19H,6-9,13H2,1-4H3. The van der Waals surface area contributed by atoms with Crippen molar-refractivity contribution >= 4 is 28.3 Å². The maximum Gasteiger partial charge on any atom is 0.217 e. The highest BCUT2D eigenvalue weighted by atomic mass is 35.5. The molecule has 4 rings (SSSR count). The number of nitrogens with zero attached hydrogens (tertiary/aromatic N) is 4. The second-order valence-electron chi connectivity index (χ2n) is 8.32. The summed E-state index contributed by atoms with van der Waals surface area (Å²) in [7, 11) is 0. The van der Waals surface area contributed by atoms with Crippen molar-refractivity contribution in [3.63, 3.8) is 0 Å². The molecule has 1 aromatic carbocycles. The first-order chi connectivity index (χ1) is 13.9. The second kappa shape index (κ2) is 7.72. The molecular weight excluding hydrogens is 380 g/mol. The first-order valence-electron chi connectivity index (χ1n) is 10.2. The molecule has 3 aromatic rings. The Labute approximate surface area is 177 Å². The number of fused-ring (bicyclic) bond motifs is 1. The molecule has 0 atom stereocenters. The second-order valence-corrected chi connectivity index (χ2v) is 8.76. The molecule has 2 aromatic heterocycles. The van der Waals surface area contributed by atoms with Crippen molar-refractivity contribution in [2.75, 3.05) is 24.5 Å². The molecule has 0 saturated carbocycles. The lowest BCUT2D eigenvalue weighted by Crippen LogP contribution is -2.34. The monoisotopic (exact) mass is 406 g/mol. The minimum atomic E-state index is 0.534. The van der Waals surface area contributed by atoms with Crippen LogP contribution >= 0.6 is 11.6 Å². The maximum atomic E-state index is 7.14. The number of anilines is 1. The molecular formula is C24H27ClN4. The van der Waals surface area contributed by atoms with Crippen LogP contribution in [0.15, 0.2) is 24.4 Å². The van der Waals surface area contributed by atoms with E-state index >= 15 is 0 Å². The predicted octanol–water partition coefficient (Wildman–Crippen LogP) is 6.05. The fraction of sp³-hybridized carbons (Fsp3) is 0.417. The van der Waals surface area contributed by atoms with E-state index in [1.54, 1.807) is 0 Å². The third kappa shape index (κ3) is 3.60. The first-order valence-corrected chi connectivity index (χ1v) is 10.6. The molecule has 5 heteroatoms. The first kappa shape index (κ1) is 19.8. The molecule has 0 spiro atoms. The van der Waals surface area contributed by atoms with Gasteiger partial charge in [0.2, 0.25) is 6.54 Å². The van der Waals surface area contributed by atoms with E-state index in [0.29, 0.717) is 12.5 Å². The maximum absolute atomic E-state index is 7.14. The lowest BCUT2D eigenvalue weighted by Gasteiger charge is -2.32. The van der Waals surface area contributed by atoms with Crippen molar-refractivity contribution < 1.29 is 0 Å². The molecule has 1 aliphatic heterocycles. The molecule has 0 unspecified atom stereocenters. The van der Waals surface area contributed by atoms with Gasteiger partial charge in [-0.2, -0.15) is 0 Å². The Balaban J connectivity index is 1.83. The van der Waals surface area contributed by atoms with Crippen molar-refractivity contribution in [1.82, 2.24) is 9.55 Å². The van der Waals surface area contributed by atoms with E-state index in [0.717, 1.165) is 59.1 Å². The molecule has 1 aliphatic rings. The lowest BCUT2D eigenvalue weighted by molar-refractivity contribution is 0.431. The lowest BCUT2D eigenvalue weighted by atomic mass is 9.96. The van der Waals surface area contributed by atoms with E-state index in [1.807, 2.05) is 12.1 Å². The molecule has 0 radical (unpaired) electrons. The van der Waals surface area contributed by atoms with Gasteiger partial charge in [0.1, 0.15) is 5.65 Å². The number of rotatable bonds is 3. The van der Waals surface area contributed by atoms with Crippen LogP contribution in [0.4, 0.5) is 5.69 Å². The smallest absolute Gasteiger partial charge is 0.217 e. The highest BCUT2D eigenvalue weighted by Gasteiger charge is 2.25. The molecule has 4 nitrogen and oxygen atoms in total. The summed E-state index contributed by atoms with van der Waals surface area (Å²) in [6.45, 7) is 18.3. The Kier molecular flexibility index (Phi) is 5.27. The van der Waals surface area contributed by atoms with Gasteiger partial charge in [0, 0.05) is 47.0 Å². The van der Waals surface area contributed by atoms with Crippen LogP contribution < -0.4 is 4.90 Å². The zero-order valence-corrected chi connectivity index (χ0v) is 18.3.